The maximum absolute atomic E-state index is 12.3. The average molecular weight is 387 g/mol. The molecule has 8 heteroatoms. The first kappa shape index (κ1) is 18.2. The summed E-state index contributed by atoms with van der Waals surface area (Å²) in [6.07, 6.45) is 0.737. The molecule has 0 aliphatic rings. The fourth-order valence-corrected chi connectivity index (χ4v) is 4.14. The second-order valence-corrected chi connectivity index (χ2v) is 7.23. The lowest BCUT2D eigenvalue weighted by Crippen LogP contribution is -2.14. The number of aromatic nitrogens is 2. The molecule has 0 saturated carbocycles. The fourth-order valence-electron chi connectivity index (χ4n) is 2.33. The first-order chi connectivity index (χ1) is 12.6. The Morgan fingerprint density at radius 1 is 1.19 bits per heavy atom. The second kappa shape index (κ2) is 8.20. The predicted octanol–water partition coefficient (Wildman–Crippen LogP) is 3.80. The Labute approximate surface area is 158 Å². The molecule has 0 spiro atoms. The number of nitrogens with zero attached hydrogens (tertiary/aromatic N) is 2. The summed E-state index contributed by atoms with van der Waals surface area (Å²) in [5.74, 6) is -0.658. The van der Waals surface area contributed by atoms with E-state index >= 15 is 0 Å². The van der Waals surface area contributed by atoms with Gasteiger partial charge in [-0.1, -0.05) is 48.6 Å². The summed E-state index contributed by atoms with van der Waals surface area (Å²) in [6, 6.07) is 9.83. The lowest BCUT2D eigenvalue weighted by atomic mass is 10.2. The maximum atomic E-state index is 12.3. The number of carbonyl (C=O) groups excluding carboxylic acids is 2. The van der Waals surface area contributed by atoms with Gasteiger partial charge >= 0.3 is 5.97 Å². The Hall–Kier alpha value is -2.58. The van der Waals surface area contributed by atoms with Crippen LogP contribution in [0.3, 0.4) is 0 Å². The Balaban J connectivity index is 1.67. The number of aryl methyl sites for hydroxylation is 1. The molecule has 1 aromatic carbocycles. The topological polar surface area (TPSA) is 81.2 Å². The summed E-state index contributed by atoms with van der Waals surface area (Å²) < 4.78 is 4.75. The quantitative estimate of drug-likeness (QED) is 0.651. The first-order valence-electron chi connectivity index (χ1n) is 7.98. The number of carbonyl (C=O) groups is 2. The zero-order chi connectivity index (χ0) is 18.5. The van der Waals surface area contributed by atoms with Crippen molar-refractivity contribution >= 4 is 39.7 Å². The number of anilines is 1. The summed E-state index contributed by atoms with van der Waals surface area (Å²) in [6.45, 7) is 1.90. The summed E-state index contributed by atoms with van der Waals surface area (Å²) in [7, 11) is 1.33. The number of methoxy groups -OCH3 is 1. The van der Waals surface area contributed by atoms with Crippen LogP contribution < -0.4 is 5.32 Å². The number of nitrogens with one attached hydrogen (secondary N) is 1. The van der Waals surface area contributed by atoms with Crippen LogP contribution >= 0.6 is 22.7 Å². The minimum absolute atomic E-state index is 0.151. The minimum atomic E-state index is -0.438. The first-order valence-corrected chi connectivity index (χ1v) is 9.68. The van der Waals surface area contributed by atoms with Gasteiger partial charge in [-0.25, -0.2) is 14.8 Å². The van der Waals surface area contributed by atoms with Crippen LogP contribution in [0.2, 0.25) is 0 Å². The van der Waals surface area contributed by atoms with Gasteiger partial charge in [-0.15, -0.1) is 11.3 Å². The van der Waals surface area contributed by atoms with Crippen molar-refractivity contribution in [2.75, 3.05) is 12.4 Å². The number of benzene rings is 1. The highest BCUT2D eigenvalue weighted by Gasteiger charge is 2.19. The summed E-state index contributed by atoms with van der Waals surface area (Å²) in [4.78, 5) is 33.3. The maximum Gasteiger partial charge on any atom is 0.350 e. The van der Waals surface area contributed by atoms with Gasteiger partial charge in [-0.05, 0) is 6.42 Å². The molecule has 0 unspecified atom stereocenters. The van der Waals surface area contributed by atoms with Crippen LogP contribution in [0.15, 0.2) is 35.7 Å². The molecular weight excluding hydrogens is 370 g/mol. The Bertz CT molecular complexity index is 919. The average Bonchev–Trinajstić information content (AvgIpc) is 3.28. The zero-order valence-electron chi connectivity index (χ0n) is 14.3. The lowest BCUT2D eigenvalue weighted by Gasteiger charge is -1.99. The van der Waals surface area contributed by atoms with Crippen molar-refractivity contribution in [1.29, 1.82) is 0 Å². The molecule has 26 heavy (non-hydrogen) atoms. The monoisotopic (exact) mass is 387 g/mol. The SMILES string of the molecule is CCc1nc(NC(=O)Cc2csc(-c3ccccc3)n2)sc1C(=O)OC. The van der Waals surface area contributed by atoms with Crippen molar-refractivity contribution in [3.8, 4) is 10.6 Å². The standard InChI is InChI=1S/C18H17N3O3S2/c1-3-13-15(17(23)24-2)26-18(20-13)21-14(22)9-12-10-25-16(19-12)11-7-5-4-6-8-11/h4-8,10H,3,9H2,1-2H3,(H,20,21,22). The molecule has 3 aromatic rings. The smallest absolute Gasteiger partial charge is 0.350 e. The molecule has 0 fully saturated rings. The van der Waals surface area contributed by atoms with Crippen LogP contribution in [0.4, 0.5) is 5.13 Å². The molecule has 2 heterocycles. The largest absolute Gasteiger partial charge is 0.465 e. The third kappa shape index (κ3) is 4.14. The van der Waals surface area contributed by atoms with Crippen molar-refractivity contribution in [1.82, 2.24) is 9.97 Å². The number of thiazole rings is 2. The Kier molecular flexibility index (Phi) is 5.75. The van der Waals surface area contributed by atoms with Gasteiger partial charge < -0.3 is 10.1 Å². The van der Waals surface area contributed by atoms with E-state index in [-0.39, 0.29) is 12.3 Å². The van der Waals surface area contributed by atoms with E-state index in [0.29, 0.717) is 27.8 Å². The molecule has 0 aliphatic heterocycles. The van der Waals surface area contributed by atoms with Crippen molar-refractivity contribution in [2.45, 2.75) is 19.8 Å². The minimum Gasteiger partial charge on any atom is -0.465 e. The van der Waals surface area contributed by atoms with Gasteiger partial charge in [-0.3, -0.25) is 4.79 Å². The molecule has 134 valence electrons. The number of hydrogen-bond acceptors (Lipinski definition) is 7. The van der Waals surface area contributed by atoms with Gasteiger partial charge in [0, 0.05) is 10.9 Å². The van der Waals surface area contributed by atoms with Gasteiger partial charge in [0.2, 0.25) is 5.91 Å². The molecule has 1 N–H and O–H groups in total. The number of amides is 1. The van der Waals surface area contributed by atoms with E-state index in [1.807, 2.05) is 42.6 Å². The van der Waals surface area contributed by atoms with Gasteiger partial charge in [0.1, 0.15) is 9.88 Å². The highest BCUT2D eigenvalue weighted by Crippen LogP contribution is 2.26. The van der Waals surface area contributed by atoms with E-state index in [2.05, 4.69) is 15.3 Å². The molecule has 0 aliphatic carbocycles. The molecule has 1 amide bonds. The molecule has 0 saturated heterocycles. The molecule has 2 aromatic heterocycles. The van der Waals surface area contributed by atoms with Crippen molar-refractivity contribution in [3.05, 3.63) is 52.0 Å². The van der Waals surface area contributed by atoms with E-state index in [1.165, 1.54) is 18.4 Å². The van der Waals surface area contributed by atoms with Gasteiger partial charge in [0.25, 0.3) is 0 Å². The number of ether oxygens (including phenoxy) is 1. The number of rotatable bonds is 6. The third-order valence-corrected chi connectivity index (χ3v) is 5.50. The summed E-state index contributed by atoms with van der Waals surface area (Å²) in [5, 5.41) is 5.89. The highest BCUT2D eigenvalue weighted by atomic mass is 32.1. The van der Waals surface area contributed by atoms with E-state index in [4.69, 9.17) is 4.74 Å². The Morgan fingerprint density at radius 2 is 1.96 bits per heavy atom. The van der Waals surface area contributed by atoms with Crippen molar-refractivity contribution in [2.24, 2.45) is 0 Å². The highest BCUT2D eigenvalue weighted by molar-refractivity contribution is 7.17. The van der Waals surface area contributed by atoms with Gasteiger partial charge in [-0.2, -0.15) is 0 Å². The molecular formula is C18H17N3O3S2. The summed E-state index contributed by atoms with van der Waals surface area (Å²) >= 11 is 2.63. The van der Waals surface area contributed by atoms with Crippen molar-refractivity contribution < 1.29 is 14.3 Å². The normalized spacial score (nSPS) is 10.5. The Morgan fingerprint density at radius 3 is 2.65 bits per heavy atom. The van der Waals surface area contributed by atoms with Crippen LogP contribution in [0.25, 0.3) is 10.6 Å². The molecule has 3 rings (SSSR count). The zero-order valence-corrected chi connectivity index (χ0v) is 15.9. The van der Waals surface area contributed by atoms with Crippen molar-refractivity contribution in [3.63, 3.8) is 0 Å². The van der Waals surface area contributed by atoms with Crippen LogP contribution in [-0.4, -0.2) is 29.0 Å². The van der Waals surface area contributed by atoms with Crippen LogP contribution in [0.1, 0.15) is 28.0 Å². The number of hydrogen-bond donors (Lipinski definition) is 1. The van der Waals surface area contributed by atoms with E-state index in [9.17, 15) is 9.59 Å². The lowest BCUT2D eigenvalue weighted by molar-refractivity contribution is -0.115. The second-order valence-electron chi connectivity index (χ2n) is 5.37. The van der Waals surface area contributed by atoms with Gasteiger partial charge in [0.05, 0.1) is 24.9 Å². The molecule has 0 atom stereocenters. The molecule has 0 radical (unpaired) electrons. The summed E-state index contributed by atoms with van der Waals surface area (Å²) in [5.41, 5.74) is 2.35. The van der Waals surface area contributed by atoms with Crippen LogP contribution in [0, 0.1) is 0 Å². The van der Waals surface area contributed by atoms with Gasteiger partial charge in [0.15, 0.2) is 5.13 Å². The van der Waals surface area contributed by atoms with Crippen LogP contribution in [-0.2, 0) is 22.4 Å². The predicted molar refractivity (Wildman–Crippen MR) is 103 cm³/mol. The van der Waals surface area contributed by atoms with E-state index in [1.54, 1.807) is 0 Å². The van der Waals surface area contributed by atoms with Crippen LogP contribution in [0.5, 0.6) is 0 Å². The third-order valence-electron chi connectivity index (χ3n) is 3.56. The molecule has 0 bridgehead atoms. The van der Waals surface area contributed by atoms with E-state index < -0.39 is 5.97 Å². The number of esters is 1. The fraction of sp³-hybridized carbons (Fsp3) is 0.222. The molecule has 6 nitrogen and oxygen atoms in total. The van der Waals surface area contributed by atoms with E-state index in [0.717, 1.165) is 21.9 Å².